The Hall–Kier alpha value is -3.00. The summed E-state index contributed by atoms with van der Waals surface area (Å²) in [7, 11) is 0.656. The van der Waals surface area contributed by atoms with E-state index in [1.54, 1.807) is 9.21 Å². The first-order valence-corrected chi connectivity index (χ1v) is 20.6. The Morgan fingerprint density at radius 3 is 2.33 bits per heavy atom. The number of halogens is 1. The third-order valence-corrected chi connectivity index (χ3v) is 13.9. The second kappa shape index (κ2) is 17.9. The van der Waals surface area contributed by atoms with Crippen LogP contribution in [0.2, 0.25) is 0 Å². The first kappa shape index (κ1) is 40.2. The van der Waals surface area contributed by atoms with E-state index in [9.17, 15) is 23.1 Å². The van der Waals surface area contributed by atoms with Crippen molar-refractivity contribution >= 4 is 33.8 Å². The summed E-state index contributed by atoms with van der Waals surface area (Å²) in [6.45, 7) is 9.40. The molecule has 3 fully saturated rings. The van der Waals surface area contributed by atoms with Crippen LogP contribution in [-0.2, 0) is 24.3 Å². The molecule has 1 N–H and O–H groups in total. The predicted molar refractivity (Wildman–Crippen MR) is 201 cm³/mol. The molecule has 1 aromatic carbocycles. The lowest BCUT2D eigenvalue weighted by atomic mass is 9.91. The zero-order valence-electron chi connectivity index (χ0n) is 31.6. The van der Waals surface area contributed by atoms with Gasteiger partial charge in [0.05, 0.1) is 17.8 Å². The molecule has 1 aromatic rings. The van der Waals surface area contributed by atoms with E-state index in [1.165, 1.54) is 12.1 Å². The number of nitrogens with zero attached hydrogens (tertiary/aromatic N) is 4. The van der Waals surface area contributed by atoms with Crippen molar-refractivity contribution in [2.45, 2.75) is 108 Å². The van der Waals surface area contributed by atoms with Gasteiger partial charge >= 0.3 is 12.1 Å². The number of esters is 1. The van der Waals surface area contributed by atoms with Gasteiger partial charge in [-0.1, -0.05) is 38.8 Å². The van der Waals surface area contributed by atoms with Gasteiger partial charge in [0.2, 0.25) is 10.0 Å². The molecule has 5 atom stereocenters. The number of anilines is 1. The lowest BCUT2D eigenvalue weighted by Gasteiger charge is -2.38. The molecule has 0 bridgehead atoms. The summed E-state index contributed by atoms with van der Waals surface area (Å²) in [6, 6.07) is 4.88. The summed E-state index contributed by atoms with van der Waals surface area (Å²) in [5.74, 6) is -1.34. The minimum absolute atomic E-state index is 0.0549. The van der Waals surface area contributed by atoms with Gasteiger partial charge in [-0.05, 0) is 93.8 Å². The van der Waals surface area contributed by atoms with Gasteiger partial charge in [-0.25, -0.2) is 21.9 Å². The van der Waals surface area contributed by atoms with E-state index in [4.69, 9.17) is 9.47 Å². The molecule has 3 heterocycles. The number of ether oxygens (including phenoxy) is 2. The third-order valence-electron chi connectivity index (χ3n) is 11.5. The monoisotopic (exact) mass is 746 g/mol. The van der Waals surface area contributed by atoms with Crippen molar-refractivity contribution in [3.8, 4) is 0 Å². The molecule has 1 aliphatic carbocycles. The van der Waals surface area contributed by atoms with Crippen molar-refractivity contribution in [2.24, 2.45) is 11.8 Å². The average Bonchev–Trinajstić information content (AvgIpc) is 3.67. The van der Waals surface area contributed by atoms with Crippen LogP contribution < -0.4 is 4.90 Å². The highest BCUT2D eigenvalue weighted by molar-refractivity contribution is 7.89. The number of benzene rings is 1. The van der Waals surface area contributed by atoms with Crippen LogP contribution in [0.25, 0.3) is 6.08 Å². The molecule has 290 valence electrons. The summed E-state index contributed by atoms with van der Waals surface area (Å²) in [5.41, 5.74) is 1.98. The number of hydrogen-bond donors (Lipinski definition) is 1. The molecule has 11 nitrogen and oxygen atoms in total. The van der Waals surface area contributed by atoms with Crippen molar-refractivity contribution in [3.05, 3.63) is 47.3 Å². The quantitative estimate of drug-likeness (QED) is 0.288. The molecule has 1 amide bonds. The van der Waals surface area contributed by atoms with Crippen LogP contribution in [0.15, 0.2) is 35.9 Å². The summed E-state index contributed by atoms with van der Waals surface area (Å²) in [6.07, 6.45) is 8.57. The van der Waals surface area contributed by atoms with Gasteiger partial charge < -0.3 is 29.3 Å². The Morgan fingerprint density at radius 2 is 1.65 bits per heavy atom. The lowest BCUT2D eigenvalue weighted by Crippen LogP contribution is -2.48. The fourth-order valence-corrected chi connectivity index (χ4v) is 10.0. The number of piperidine rings is 1. The Balaban J connectivity index is 1.30. The second-order valence-corrected chi connectivity index (χ2v) is 17.7. The maximum atomic E-state index is 15.1. The van der Waals surface area contributed by atoms with Gasteiger partial charge in [0, 0.05) is 64.0 Å². The fourth-order valence-electron chi connectivity index (χ4n) is 7.95. The largest absolute Gasteiger partial charge is 0.457 e. The van der Waals surface area contributed by atoms with Gasteiger partial charge in [0.1, 0.15) is 18.0 Å². The van der Waals surface area contributed by atoms with E-state index in [-0.39, 0.29) is 35.6 Å². The molecule has 0 unspecified atom stereocenters. The highest BCUT2D eigenvalue weighted by Crippen LogP contribution is 2.32. The fraction of sp³-hybridized carbons (Fsp3) is 0.692. The maximum absolute atomic E-state index is 15.1. The molecule has 3 aliphatic heterocycles. The van der Waals surface area contributed by atoms with E-state index in [1.807, 2.05) is 64.1 Å². The van der Waals surface area contributed by atoms with Crippen molar-refractivity contribution in [3.63, 3.8) is 0 Å². The standard InChI is InChI=1S/C39H59FN4O7S/c1-27-10-12-34(45)26-37(46)51-38(28(2)11-13-36(27)50-39(47)43-20-18-41(4)19-21-43)29(3)22-30-23-31(40)25-33(24-30)42(5)32-14-16-44(17-15-32)52(48,49)35-8-6-7-9-35/h11,13,22-25,27-28,32,34-36,38,45H,6-10,12,14-21,26H2,1-5H3/b13-11+,29-22+/t27-,28-,34+,36-,38-/m0/s1. The molecule has 4 aliphatic rings. The topological polar surface area (TPSA) is 120 Å². The summed E-state index contributed by atoms with van der Waals surface area (Å²) in [5, 5.41) is 10.4. The van der Waals surface area contributed by atoms with E-state index >= 15 is 4.39 Å². The van der Waals surface area contributed by atoms with Crippen LogP contribution in [0.5, 0.6) is 0 Å². The number of sulfonamides is 1. The number of carbonyl (C=O) groups excluding carboxylic acids is 2. The molecule has 0 spiro atoms. The van der Waals surface area contributed by atoms with Gasteiger partial charge in [0.25, 0.3) is 0 Å². The van der Waals surface area contributed by atoms with Gasteiger partial charge in [0.15, 0.2) is 0 Å². The van der Waals surface area contributed by atoms with E-state index in [0.717, 1.165) is 38.8 Å². The van der Waals surface area contributed by atoms with Crippen molar-refractivity contribution in [1.29, 1.82) is 0 Å². The van der Waals surface area contributed by atoms with Crippen molar-refractivity contribution < 1.29 is 37.0 Å². The van der Waals surface area contributed by atoms with Crippen LogP contribution in [0.1, 0.15) is 84.1 Å². The van der Waals surface area contributed by atoms with Crippen LogP contribution in [0, 0.1) is 17.7 Å². The van der Waals surface area contributed by atoms with Crippen LogP contribution in [0.3, 0.4) is 0 Å². The smallest absolute Gasteiger partial charge is 0.410 e. The number of aliphatic hydroxyl groups is 1. The highest BCUT2D eigenvalue weighted by Gasteiger charge is 2.37. The number of rotatable bonds is 7. The zero-order valence-corrected chi connectivity index (χ0v) is 32.4. The van der Waals surface area contributed by atoms with Crippen molar-refractivity contribution in [2.75, 3.05) is 58.3 Å². The molecule has 52 heavy (non-hydrogen) atoms. The van der Waals surface area contributed by atoms with Gasteiger partial charge in [-0.2, -0.15) is 0 Å². The van der Waals surface area contributed by atoms with Crippen LogP contribution >= 0.6 is 0 Å². The molecule has 0 radical (unpaired) electrons. The summed E-state index contributed by atoms with van der Waals surface area (Å²) < 4.78 is 55.1. The Labute approximate surface area is 309 Å². The normalized spacial score (nSPS) is 29.2. The molecular weight excluding hydrogens is 688 g/mol. The zero-order chi connectivity index (χ0) is 37.6. The molecule has 13 heteroatoms. The van der Waals surface area contributed by atoms with E-state index in [2.05, 4.69) is 4.90 Å². The molecule has 5 rings (SSSR count). The second-order valence-electron chi connectivity index (χ2n) is 15.5. The number of carbonyl (C=O) groups is 2. The van der Waals surface area contributed by atoms with E-state index < -0.39 is 40.1 Å². The van der Waals surface area contributed by atoms with Gasteiger partial charge in [-0.3, -0.25) is 4.79 Å². The van der Waals surface area contributed by atoms with Crippen LogP contribution in [-0.4, -0.2) is 123 Å². The Bertz CT molecular complexity index is 1550. The number of hydrogen-bond acceptors (Lipinski definition) is 9. The number of piperazine rings is 1. The molecule has 1 saturated carbocycles. The van der Waals surface area contributed by atoms with Crippen LogP contribution in [0.4, 0.5) is 14.9 Å². The Kier molecular flexibility index (Phi) is 13.8. The van der Waals surface area contributed by atoms with Gasteiger partial charge in [-0.15, -0.1) is 0 Å². The predicted octanol–water partition coefficient (Wildman–Crippen LogP) is 5.44. The summed E-state index contributed by atoms with van der Waals surface area (Å²) >= 11 is 0. The molecule has 2 saturated heterocycles. The SMILES string of the molecule is C/C(=C\c1cc(F)cc(N(C)C2CCN(S(=O)(=O)C3CCCC3)CC2)c1)[C@H]1OC(=O)C[C@H](O)CC[C@H](C)[C@@H](OC(=O)N2CCN(C)CC2)/C=C/[C@@H]1C. The highest BCUT2D eigenvalue weighted by atomic mass is 32.2. The first-order valence-electron chi connectivity index (χ1n) is 19.1. The number of aliphatic hydroxyl groups excluding tert-OH is 1. The molecule has 0 aromatic heterocycles. The minimum Gasteiger partial charge on any atom is -0.457 e. The number of amides is 1. The number of cyclic esters (lactones) is 1. The molecular formula is C39H59FN4O7S. The average molecular weight is 747 g/mol. The van der Waals surface area contributed by atoms with Crippen molar-refractivity contribution in [1.82, 2.24) is 14.1 Å². The minimum atomic E-state index is -3.29. The van der Waals surface area contributed by atoms with E-state index in [0.29, 0.717) is 68.7 Å². The Morgan fingerprint density at radius 1 is 0.981 bits per heavy atom. The maximum Gasteiger partial charge on any atom is 0.410 e. The number of likely N-dealkylation sites (N-methyl/N-ethyl adjacent to an activating group) is 1. The first-order chi connectivity index (χ1) is 24.7. The summed E-state index contributed by atoms with van der Waals surface area (Å²) in [4.78, 5) is 32.1. The lowest BCUT2D eigenvalue weighted by molar-refractivity contribution is -0.151. The third kappa shape index (κ3) is 10.4.